The van der Waals surface area contributed by atoms with E-state index in [1.54, 1.807) is 13.0 Å². The first kappa shape index (κ1) is 39.1. The van der Waals surface area contributed by atoms with Crippen LogP contribution in [-0.2, 0) is 27.8 Å². The molecule has 286 valence electrons. The molecule has 52 heavy (non-hydrogen) atoms. The number of nitrogens with one attached hydrogen (secondary N) is 1. The lowest BCUT2D eigenvalue weighted by Crippen LogP contribution is -2.58. The number of sulfonamides is 1. The number of carbonyl (C=O) groups excluding carboxylic acids is 1. The van der Waals surface area contributed by atoms with Gasteiger partial charge in [0.05, 0.1) is 10.9 Å². The summed E-state index contributed by atoms with van der Waals surface area (Å²) in [5.74, 6) is 0.511. The van der Waals surface area contributed by atoms with Gasteiger partial charge in [-0.2, -0.15) is 0 Å². The molecule has 0 unspecified atom stereocenters. The molecule has 6 rings (SSSR count). The molecule has 0 spiro atoms. The number of anilines is 1. The number of carbonyl (C=O) groups is 1. The summed E-state index contributed by atoms with van der Waals surface area (Å²) in [6.07, 6.45) is 12.3. The van der Waals surface area contributed by atoms with Crippen LogP contribution in [0.25, 0.3) is 0 Å². The number of benzene rings is 2. The van der Waals surface area contributed by atoms with Crippen molar-refractivity contribution in [3.63, 3.8) is 0 Å². The lowest BCUT2D eigenvalue weighted by molar-refractivity contribution is -0.111. The van der Waals surface area contributed by atoms with Crippen molar-refractivity contribution >= 4 is 33.2 Å². The number of likely N-dealkylation sites (tertiary alicyclic amines) is 1. The lowest BCUT2D eigenvalue weighted by atomic mass is 9.63. The minimum absolute atomic E-state index is 0.212. The lowest BCUT2D eigenvalue weighted by Gasteiger charge is -2.52. The van der Waals surface area contributed by atoms with Gasteiger partial charge in [0.25, 0.3) is 5.91 Å². The summed E-state index contributed by atoms with van der Waals surface area (Å²) in [5.41, 5.74) is 2.92. The SMILES string of the molecule is CCO[C@@]1(CN2CCC(N(C)C)CC2)/C=C/C[C@H](C)[C@@H](C)S(=O)(=O)NC(=O)c2ccc3c(c2)N(CCCCc2cc(Cl)ccc2CO3)C[C@@H]2CC[C@H]21. The summed E-state index contributed by atoms with van der Waals surface area (Å²) in [5, 5.41) is -0.0513. The fraction of sp³-hybridized carbons (Fsp3) is 0.634. The van der Waals surface area contributed by atoms with Crippen molar-refractivity contribution in [1.29, 1.82) is 0 Å². The van der Waals surface area contributed by atoms with Gasteiger partial charge in [0.1, 0.15) is 18.0 Å². The Hall–Kier alpha value is -2.63. The molecule has 1 saturated heterocycles. The molecular weight excluding hydrogens is 696 g/mol. The molecular formula is C41H59ClN4O5S. The van der Waals surface area contributed by atoms with E-state index >= 15 is 0 Å². The summed E-state index contributed by atoms with van der Waals surface area (Å²) < 4.78 is 43.1. The number of rotatable bonds is 5. The highest BCUT2D eigenvalue weighted by atomic mass is 35.5. The minimum Gasteiger partial charge on any atom is -0.487 e. The number of ether oxygens (including phenoxy) is 2. The van der Waals surface area contributed by atoms with Gasteiger partial charge in [-0.15, -0.1) is 0 Å². The average Bonchev–Trinajstić information content (AvgIpc) is 3.12. The molecule has 1 saturated carbocycles. The van der Waals surface area contributed by atoms with Crippen molar-refractivity contribution < 1.29 is 22.7 Å². The molecule has 5 atom stereocenters. The van der Waals surface area contributed by atoms with Crippen molar-refractivity contribution in [2.75, 3.05) is 58.3 Å². The standard InChI is InChI=1S/C41H59ClN4O5S/c1-6-51-41(28-45-22-18-36(19-23-45)44(4)5)20-9-10-29(2)30(3)52(48,49)43-40(47)32-14-17-39-38(25-32)46(26-33-13-16-37(33)41)21-8-7-11-31-24-35(42)15-12-34(31)27-50-39/h9,12,14-15,17,20,24-25,29-30,33,36-37H,6-8,10-11,13,16,18-19,21-23,26-28H2,1-5H3,(H,43,47)/b20-9+/t29-,30+,33-,37+,41+/m0/s1. The molecule has 1 amide bonds. The van der Waals surface area contributed by atoms with Crippen LogP contribution in [-0.4, -0.2) is 94.4 Å². The van der Waals surface area contributed by atoms with E-state index in [9.17, 15) is 13.2 Å². The quantitative estimate of drug-likeness (QED) is 0.329. The molecule has 9 nitrogen and oxygen atoms in total. The van der Waals surface area contributed by atoms with Crippen LogP contribution in [0.15, 0.2) is 48.6 Å². The maximum atomic E-state index is 13.6. The third kappa shape index (κ3) is 8.84. The third-order valence-corrected chi connectivity index (χ3v) is 14.5. The predicted molar refractivity (Wildman–Crippen MR) is 210 cm³/mol. The van der Waals surface area contributed by atoms with Gasteiger partial charge in [-0.05, 0) is 152 Å². The molecule has 0 radical (unpaired) electrons. The van der Waals surface area contributed by atoms with E-state index in [4.69, 9.17) is 21.1 Å². The first-order valence-corrected chi connectivity index (χ1v) is 21.4. The van der Waals surface area contributed by atoms with Crippen LogP contribution < -0.4 is 14.4 Å². The second kappa shape index (κ2) is 16.8. The molecule has 3 aliphatic heterocycles. The van der Waals surface area contributed by atoms with Crippen molar-refractivity contribution in [3.8, 4) is 5.75 Å². The van der Waals surface area contributed by atoms with E-state index in [0.29, 0.717) is 48.8 Å². The zero-order valence-electron chi connectivity index (χ0n) is 31.8. The number of fused-ring (bicyclic) bond motifs is 3. The largest absolute Gasteiger partial charge is 0.487 e. The number of aryl methyl sites for hydroxylation is 1. The number of allylic oxidation sites excluding steroid dienone is 1. The molecule has 1 N–H and O–H groups in total. The van der Waals surface area contributed by atoms with Crippen LogP contribution in [0.5, 0.6) is 5.75 Å². The number of nitrogens with zero attached hydrogens (tertiary/aromatic N) is 3. The van der Waals surface area contributed by atoms with E-state index in [1.807, 2.05) is 37.3 Å². The summed E-state index contributed by atoms with van der Waals surface area (Å²) in [6.45, 7) is 11.2. The Balaban J connectivity index is 1.39. The molecule has 2 fully saturated rings. The van der Waals surface area contributed by atoms with Crippen LogP contribution >= 0.6 is 11.6 Å². The normalized spacial score (nSPS) is 29.8. The number of halogens is 1. The van der Waals surface area contributed by atoms with Crippen molar-refractivity contribution in [2.24, 2.45) is 17.8 Å². The fourth-order valence-electron chi connectivity index (χ4n) is 8.76. The number of hydrogen-bond acceptors (Lipinski definition) is 8. The summed E-state index contributed by atoms with van der Waals surface area (Å²) in [6, 6.07) is 11.9. The van der Waals surface area contributed by atoms with E-state index in [-0.39, 0.29) is 5.92 Å². The van der Waals surface area contributed by atoms with Crippen LogP contribution in [0.3, 0.4) is 0 Å². The minimum atomic E-state index is -3.95. The van der Waals surface area contributed by atoms with E-state index < -0.39 is 26.8 Å². The molecule has 11 heteroatoms. The fourth-order valence-corrected chi connectivity index (χ4v) is 10.2. The zero-order chi connectivity index (χ0) is 37.0. The summed E-state index contributed by atoms with van der Waals surface area (Å²) in [4.78, 5) is 20.9. The van der Waals surface area contributed by atoms with Gasteiger partial charge in [0.15, 0.2) is 0 Å². The molecule has 1 aliphatic carbocycles. The average molecular weight is 755 g/mol. The molecule has 0 aromatic heterocycles. The molecule has 2 bridgehead atoms. The van der Waals surface area contributed by atoms with Gasteiger partial charge in [0, 0.05) is 42.9 Å². The Morgan fingerprint density at radius 3 is 2.52 bits per heavy atom. The van der Waals surface area contributed by atoms with Crippen molar-refractivity contribution in [3.05, 3.63) is 70.3 Å². The highest BCUT2D eigenvalue weighted by Gasteiger charge is 2.49. The molecule has 3 heterocycles. The maximum Gasteiger partial charge on any atom is 0.264 e. The van der Waals surface area contributed by atoms with Crippen LogP contribution in [0.4, 0.5) is 5.69 Å². The van der Waals surface area contributed by atoms with Gasteiger partial charge in [-0.3, -0.25) is 4.79 Å². The Kier molecular flexibility index (Phi) is 12.6. The Morgan fingerprint density at radius 2 is 1.81 bits per heavy atom. The Morgan fingerprint density at radius 1 is 1.02 bits per heavy atom. The van der Waals surface area contributed by atoms with Crippen LogP contribution in [0.1, 0.15) is 87.2 Å². The highest BCUT2D eigenvalue weighted by molar-refractivity contribution is 7.90. The molecule has 2 aromatic rings. The maximum absolute atomic E-state index is 13.6. The van der Waals surface area contributed by atoms with Crippen molar-refractivity contribution in [2.45, 2.75) is 95.6 Å². The van der Waals surface area contributed by atoms with Crippen molar-refractivity contribution in [1.82, 2.24) is 14.5 Å². The van der Waals surface area contributed by atoms with Gasteiger partial charge in [-0.25, -0.2) is 13.1 Å². The number of piperidine rings is 1. The van der Waals surface area contributed by atoms with Gasteiger partial charge >= 0.3 is 0 Å². The van der Waals surface area contributed by atoms with Gasteiger partial charge in [0.2, 0.25) is 10.0 Å². The zero-order valence-corrected chi connectivity index (χ0v) is 33.4. The second-order valence-electron chi connectivity index (χ2n) is 15.9. The summed E-state index contributed by atoms with van der Waals surface area (Å²) >= 11 is 6.41. The first-order valence-electron chi connectivity index (χ1n) is 19.4. The monoisotopic (exact) mass is 754 g/mol. The van der Waals surface area contributed by atoms with Crippen LogP contribution in [0.2, 0.25) is 5.02 Å². The van der Waals surface area contributed by atoms with E-state index in [0.717, 1.165) is 93.9 Å². The second-order valence-corrected chi connectivity index (χ2v) is 18.4. The topological polar surface area (TPSA) is 91.4 Å². The Bertz CT molecular complexity index is 1690. The third-order valence-electron chi connectivity index (χ3n) is 12.3. The smallest absolute Gasteiger partial charge is 0.264 e. The first-order chi connectivity index (χ1) is 24.9. The highest BCUT2D eigenvalue weighted by Crippen LogP contribution is 2.47. The number of hydrogen-bond donors (Lipinski definition) is 1. The predicted octanol–water partition coefficient (Wildman–Crippen LogP) is 6.93. The van der Waals surface area contributed by atoms with Crippen LogP contribution in [0, 0.1) is 17.8 Å². The summed E-state index contributed by atoms with van der Waals surface area (Å²) in [7, 11) is 0.403. The van der Waals surface area contributed by atoms with E-state index in [2.05, 4.69) is 52.6 Å². The van der Waals surface area contributed by atoms with Gasteiger partial charge in [-0.1, -0.05) is 36.7 Å². The number of amides is 1. The Labute approximate surface area is 317 Å². The molecule has 2 aromatic carbocycles. The molecule has 4 aliphatic rings. The van der Waals surface area contributed by atoms with Gasteiger partial charge < -0.3 is 24.2 Å². The van der Waals surface area contributed by atoms with E-state index in [1.165, 1.54) is 5.56 Å².